The highest BCUT2D eigenvalue weighted by atomic mass is 32.1. The molecule has 1 aromatic carbocycles. The summed E-state index contributed by atoms with van der Waals surface area (Å²) in [7, 11) is 0. The maximum Gasteiger partial charge on any atom is 0.0673 e. The molecule has 1 nitrogen and oxygen atoms in total. The van der Waals surface area contributed by atoms with Gasteiger partial charge in [0.1, 0.15) is 0 Å². The van der Waals surface area contributed by atoms with Crippen molar-refractivity contribution in [3.05, 3.63) is 58.3 Å². The SMILES string of the molecule is CC1(C)CCC(NC(c2ccccc2)c2cccs2)C1. The molecule has 1 aliphatic rings. The summed E-state index contributed by atoms with van der Waals surface area (Å²) in [6.07, 6.45) is 3.90. The molecule has 0 amide bonds. The molecule has 2 unspecified atom stereocenters. The second-order valence-electron chi connectivity index (χ2n) is 6.63. The largest absolute Gasteiger partial charge is 0.303 e. The third-order valence-corrected chi connectivity index (χ3v) is 5.27. The molecule has 0 bridgehead atoms. The Bertz CT molecular complexity index is 530. The minimum absolute atomic E-state index is 0.343. The smallest absolute Gasteiger partial charge is 0.0673 e. The molecule has 0 radical (unpaired) electrons. The van der Waals surface area contributed by atoms with Crippen LogP contribution >= 0.6 is 11.3 Å². The number of rotatable bonds is 4. The van der Waals surface area contributed by atoms with Crippen LogP contribution in [0.5, 0.6) is 0 Å². The minimum atomic E-state index is 0.343. The van der Waals surface area contributed by atoms with E-state index in [1.165, 1.54) is 29.7 Å². The minimum Gasteiger partial charge on any atom is -0.303 e. The summed E-state index contributed by atoms with van der Waals surface area (Å²) in [5.41, 5.74) is 1.87. The molecular formula is C18H23NS. The van der Waals surface area contributed by atoms with E-state index in [0.29, 0.717) is 17.5 Å². The van der Waals surface area contributed by atoms with Gasteiger partial charge in [-0.3, -0.25) is 0 Å². The Morgan fingerprint density at radius 3 is 2.55 bits per heavy atom. The molecule has 2 heteroatoms. The van der Waals surface area contributed by atoms with E-state index in [2.05, 4.69) is 67.0 Å². The van der Waals surface area contributed by atoms with Crippen LogP contribution in [0.2, 0.25) is 0 Å². The van der Waals surface area contributed by atoms with Crippen LogP contribution in [0.15, 0.2) is 47.8 Å². The Morgan fingerprint density at radius 2 is 1.95 bits per heavy atom. The lowest BCUT2D eigenvalue weighted by Gasteiger charge is -2.24. The van der Waals surface area contributed by atoms with Crippen LogP contribution in [0, 0.1) is 5.41 Å². The van der Waals surface area contributed by atoms with Crippen molar-refractivity contribution in [2.45, 2.75) is 45.2 Å². The van der Waals surface area contributed by atoms with Crippen LogP contribution in [0.1, 0.15) is 49.6 Å². The van der Waals surface area contributed by atoms with E-state index in [4.69, 9.17) is 0 Å². The molecule has 2 aromatic rings. The van der Waals surface area contributed by atoms with Gasteiger partial charge in [0, 0.05) is 10.9 Å². The van der Waals surface area contributed by atoms with E-state index in [-0.39, 0.29) is 0 Å². The van der Waals surface area contributed by atoms with Crippen LogP contribution in [0.3, 0.4) is 0 Å². The van der Waals surface area contributed by atoms with Crippen molar-refractivity contribution in [3.63, 3.8) is 0 Å². The van der Waals surface area contributed by atoms with Gasteiger partial charge in [-0.2, -0.15) is 0 Å². The van der Waals surface area contributed by atoms with Crippen molar-refractivity contribution in [3.8, 4) is 0 Å². The molecule has 0 spiro atoms. The quantitative estimate of drug-likeness (QED) is 0.833. The van der Waals surface area contributed by atoms with Gasteiger partial charge in [-0.05, 0) is 41.7 Å². The second-order valence-corrected chi connectivity index (χ2v) is 7.61. The normalized spacial score (nSPS) is 22.8. The zero-order valence-corrected chi connectivity index (χ0v) is 13.1. The molecule has 1 aromatic heterocycles. The highest BCUT2D eigenvalue weighted by Gasteiger charge is 2.32. The Kier molecular flexibility index (Phi) is 3.95. The maximum absolute atomic E-state index is 3.90. The summed E-state index contributed by atoms with van der Waals surface area (Å²) in [6.45, 7) is 4.77. The van der Waals surface area contributed by atoms with Crippen LogP contribution in [0.25, 0.3) is 0 Å². The van der Waals surface area contributed by atoms with Crippen LogP contribution < -0.4 is 5.32 Å². The molecule has 1 aliphatic carbocycles. The van der Waals surface area contributed by atoms with Gasteiger partial charge in [0.15, 0.2) is 0 Å². The van der Waals surface area contributed by atoms with Gasteiger partial charge in [0.25, 0.3) is 0 Å². The van der Waals surface area contributed by atoms with Gasteiger partial charge in [-0.15, -0.1) is 11.3 Å². The average molecular weight is 285 g/mol. The van der Waals surface area contributed by atoms with E-state index in [9.17, 15) is 0 Å². The van der Waals surface area contributed by atoms with Gasteiger partial charge in [-0.25, -0.2) is 0 Å². The molecular weight excluding hydrogens is 262 g/mol. The first-order valence-electron chi connectivity index (χ1n) is 7.48. The summed E-state index contributed by atoms with van der Waals surface area (Å²) in [5, 5.41) is 6.07. The first kappa shape index (κ1) is 13.8. The Balaban J connectivity index is 1.81. The molecule has 1 N–H and O–H groups in total. The number of thiophene rings is 1. The van der Waals surface area contributed by atoms with Crippen LogP contribution in [0.4, 0.5) is 0 Å². The third kappa shape index (κ3) is 3.13. The van der Waals surface area contributed by atoms with Gasteiger partial charge in [0.2, 0.25) is 0 Å². The molecule has 106 valence electrons. The fraction of sp³-hybridized carbons (Fsp3) is 0.444. The van der Waals surface area contributed by atoms with Crippen molar-refractivity contribution < 1.29 is 0 Å². The lowest BCUT2D eigenvalue weighted by Crippen LogP contribution is -2.31. The Labute approximate surface area is 126 Å². The number of hydrogen-bond acceptors (Lipinski definition) is 2. The predicted molar refractivity (Wildman–Crippen MR) is 87.2 cm³/mol. The van der Waals surface area contributed by atoms with E-state index in [0.717, 1.165) is 0 Å². The predicted octanol–water partition coefficient (Wildman–Crippen LogP) is 5.01. The fourth-order valence-corrected chi connectivity index (χ4v) is 4.07. The van der Waals surface area contributed by atoms with Gasteiger partial charge >= 0.3 is 0 Å². The molecule has 3 rings (SSSR count). The first-order chi connectivity index (χ1) is 9.64. The fourth-order valence-electron chi connectivity index (χ4n) is 3.26. The zero-order valence-electron chi connectivity index (χ0n) is 12.3. The van der Waals surface area contributed by atoms with E-state index in [1.54, 1.807) is 0 Å². The van der Waals surface area contributed by atoms with Gasteiger partial charge < -0.3 is 5.32 Å². The second kappa shape index (κ2) is 5.71. The Morgan fingerprint density at radius 1 is 1.15 bits per heavy atom. The highest BCUT2D eigenvalue weighted by Crippen LogP contribution is 2.38. The summed E-state index contributed by atoms with van der Waals surface area (Å²) in [6, 6.07) is 16.2. The number of hydrogen-bond donors (Lipinski definition) is 1. The average Bonchev–Trinajstić information content (AvgIpc) is 3.06. The van der Waals surface area contributed by atoms with Crippen LogP contribution in [-0.4, -0.2) is 6.04 Å². The molecule has 0 saturated heterocycles. The van der Waals surface area contributed by atoms with Crippen molar-refractivity contribution in [2.24, 2.45) is 5.41 Å². The lowest BCUT2D eigenvalue weighted by molar-refractivity contribution is 0.359. The van der Waals surface area contributed by atoms with E-state index >= 15 is 0 Å². The summed E-state index contributed by atoms with van der Waals surface area (Å²) in [5.74, 6) is 0. The van der Waals surface area contributed by atoms with Crippen molar-refractivity contribution >= 4 is 11.3 Å². The van der Waals surface area contributed by atoms with Crippen LogP contribution in [-0.2, 0) is 0 Å². The van der Waals surface area contributed by atoms with Gasteiger partial charge in [-0.1, -0.05) is 50.2 Å². The zero-order chi connectivity index (χ0) is 14.0. The Hall–Kier alpha value is -1.12. The molecule has 1 heterocycles. The van der Waals surface area contributed by atoms with Crippen molar-refractivity contribution in [1.29, 1.82) is 0 Å². The third-order valence-electron chi connectivity index (χ3n) is 4.33. The summed E-state index contributed by atoms with van der Waals surface area (Å²) < 4.78 is 0. The molecule has 0 aliphatic heterocycles. The topological polar surface area (TPSA) is 12.0 Å². The molecule has 1 fully saturated rings. The summed E-state index contributed by atoms with van der Waals surface area (Å²) in [4.78, 5) is 1.42. The monoisotopic (exact) mass is 285 g/mol. The lowest BCUT2D eigenvalue weighted by atomic mass is 9.91. The van der Waals surface area contributed by atoms with E-state index in [1.807, 2.05) is 11.3 Å². The molecule has 2 atom stereocenters. The molecule has 1 saturated carbocycles. The first-order valence-corrected chi connectivity index (χ1v) is 8.36. The summed E-state index contributed by atoms with van der Waals surface area (Å²) >= 11 is 1.85. The van der Waals surface area contributed by atoms with Crippen molar-refractivity contribution in [1.82, 2.24) is 5.32 Å². The standard InChI is InChI=1S/C18H23NS/c1-18(2)11-10-15(13-18)19-17(16-9-6-12-20-16)14-7-4-3-5-8-14/h3-9,12,15,17,19H,10-11,13H2,1-2H3. The highest BCUT2D eigenvalue weighted by molar-refractivity contribution is 7.10. The van der Waals surface area contributed by atoms with Crippen molar-refractivity contribution in [2.75, 3.05) is 0 Å². The van der Waals surface area contributed by atoms with E-state index < -0.39 is 0 Å². The van der Waals surface area contributed by atoms with Gasteiger partial charge in [0.05, 0.1) is 6.04 Å². The molecule has 20 heavy (non-hydrogen) atoms. The number of nitrogens with one attached hydrogen (secondary N) is 1. The number of benzene rings is 1. The maximum atomic E-state index is 3.90.